The highest BCUT2D eigenvalue weighted by Gasteiger charge is 2.41. The number of unbranched alkanes of at least 4 members (excludes halogenated alkanes) is 1. The molecule has 0 radical (unpaired) electrons. The van der Waals surface area contributed by atoms with Gasteiger partial charge in [0.15, 0.2) is 0 Å². The van der Waals surface area contributed by atoms with E-state index in [9.17, 15) is 73.2 Å². The molecule has 1 aliphatic rings. The summed E-state index contributed by atoms with van der Waals surface area (Å²) in [6.07, 6.45) is 3.29. The SMILES string of the molecule is CCCC[C@H](NC(=O)[C@H](C)NC(=O)[C@H](CS)N(C)C(=O)[C@H](CC1CCCCC1)NC(=O)[C@@H](NC(=O)[C@@H](NC(=O)[C@H](CCC(=O)O)NC(=O)[C@H](CC(=O)O)NC(C)=O)C(c1ccccc1)c1ccccc1)[C@@H](C)CC)C(=O)N[C@@H](CO)C(=O)N[C@@H](Cc1ccc(O)cc1)C(N)=O. The fourth-order valence-electron chi connectivity index (χ4n) is 11.0. The average molecular weight is 1340 g/mol. The lowest BCUT2D eigenvalue weighted by molar-refractivity contribution is -0.143. The van der Waals surface area contributed by atoms with Gasteiger partial charge in [-0.25, -0.2) is 0 Å². The summed E-state index contributed by atoms with van der Waals surface area (Å²) in [5.41, 5.74) is 7.09. The van der Waals surface area contributed by atoms with Crippen molar-refractivity contribution in [2.45, 2.75) is 191 Å². The number of nitrogens with one attached hydrogen (secondary N) is 9. The smallest absolute Gasteiger partial charge is 0.305 e. The van der Waals surface area contributed by atoms with Crippen LogP contribution in [-0.4, -0.2) is 182 Å². The molecule has 4 rings (SSSR count). The predicted octanol–water partition coefficient (Wildman–Crippen LogP) is 0.950. The van der Waals surface area contributed by atoms with Gasteiger partial charge < -0.3 is 78.9 Å². The number of carbonyl (C=O) groups is 13. The minimum absolute atomic E-state index is 0.0316. The Morgan fingerprint density at radius 1 is 0.579 bits per heavy atom. The minimum atomic E-state index is -1.72. The van der Waals surface area contributed by atoms with Gasteiger partial charge in [-0.1, -0.05) is 145 Å². The molecule has 0 spiro atoms. The summed E-state index contributed by atoms with van der Waals surface area (Å²) in [7, 11) is 1.33. The van der Waals surface area contributed by atoms with E-state index in [4.69, 9.17) is 5.73 Å². The quantitative estimate of drug-likeness (QED) is 0.0354. The van der Waals surface area contributed by atoms with Crippen LogP contribution in [0.4, 0.5) is 0 Å². The standard InChI is InChI=1S/C66H93N11O17S/c1-7-9-25-45(59(87)74-50(35-78)62(90)72-47(57(67)85)32-41-26-28-44(80)29-27-41)70-58(86)38(4)68-63(91)51(36-95)77(6)66(94)49(33-40-19-13-10-14-20-40)73-64(92)55(37(3)8-2)75-65(93)56(54(42-21-15-11-16-22-42)43-23-17-12-18-24-43)76-60(88)46(30-31-52(81)82)71-61(89)48(34-53(83)84)69-39(5)79/h11-12,15-18,21-24,26-29,37-38,40,45-51,54-56,78,80,95H,7-10,13-14,19-20,25,30-36H2,1-6H3,(H2,67,85)(H,68,91)(H,69,79)(H,70,86)(H,71,89)(H,72,90)(H,73,92)(H,74,87)(H,75,93)(H,76,88)(H,81,82)(H,83,84)/t37-,38-,45-,46-,47-,48-,49-,50-,51-,55-,56-/m0/s1. The number of carboxylic acids is 2. The number of thiol groups is 1. The van der Waals surface area contributed by atoms with Crippen molar-refractivity contribution in [1.29, 1.82) is 0 Å². The van der Waals surface area contributed by atoms with Gasteiger partial charge in [0.25, 0.3) is 0 Å². The molecule has 95 heavy (non-hydrogen) atoms. The number of primary amides is 1. The summed E-state index contributed by atoms with van der Waals surface area (Å²) in [4.78, 5) is 178. The molecule has 0 unspecified atom stereocenters. The molecule has 0 saturated heterocycles. The van der Waals surface area contributed by atoms with Crippen LogP contribution in [0.2, 0.25) is 0 Å². The normalized spacial score (nSPS) is 15.7. The van der Waals surface area contributed by atoms with E-state index >= 15 is 9.59 Å². The summed E-state index contributed by atoms with van der Waals surface area (Å²) < 4.78 is 0. The lowest BCUT2D eigenvalue weighted by Crippen LogP contribution is -2.62. The molecule has 1 fully saturated rings. The number of nitrogens with two attached hydrogens (primary N) is 1. The zero-order valence-corrected chi connectivity index (χ0v) is 55.4. The molecule has 3 aromatic carbocycles. The first kappa shape index (κ1) is 78.3. The van der Waals surface area contributed by atoms with Gasteiger partial charge in [0.1, 0.15) is 66.2 Å². The van der Waals surface area contributed by atoms with Crippen LogP contribution >= 0.6 is 12.6 Å². The number of phenolic OH excluding ortho intramolecular Hbond substituents is 1. The van der Waals surface area contributed by atoms with E-state index < -0.39 is 175 Å². The Morgan fingerprint density at radius 2 is 1.08 bits per heavy atom. The Balaban J connectivity index is 1.62. The number of aliphatic hydroxyl groups is 1. The third-order valence-corrected chi connectivity index (χ3v) is 17.0. The highest BCUT2D eigenvalue weighted by atomic mass is 32.1. The van der Waals surface area contributed by atoms with Gasteiger partial charge in [-0.2, -0.15) is 12.6 Å². The van der Waals surface area contributed by atoms with Gasteiger partial charge in [-0.05, 0) is 66.8 Å². The summed E-state index contributed by atoms with van der Waals surface area (Å²) in [6.45, 7) is 6.74. The Bertz CT molecular complexity index is 3050. The number of amides is 11. The number of aliphatic carboxylic acids is 2. The summed E-state index contributed by atoms with van der Waals surface area (Å²) in [5, 5.41) is 62.1. The molecule has 0 aliphatic heterocycles. The fraction of sp³-hybridized carbons (Fsp3) is 0.530. The molecule has 3 aromatic rings. The Labute approximate surface area is 558 Å². The first-order valence-corrected chi connectivity index (χ1v) is 32.5. The van der Waals surface area contributed by atoms with Crippen LogP contribution in [0.3, 0.4) is 0 Å². The Morgan fingerprint density at radius 3 is 1.61 bits per heavy atom. The highest BCUT2D eigenvalue weighted by molar-refractivity contribution is 7.80. The van der Waals surface area contributed by atoms with Gasteiger partial charge in [-0.3, -0.25) is 62.3 Å². The van der Waals surface area contributed by atoms with Crippen LogP contribution in [0.1, 0.15) is 141 Å². The monoisotopic (exact) mass is 1340 g/mol. The molecule has 0 heterocycles. The average Bonchev–Trinajstić information content (AvgIpc) is 0.809. The van der Waals surface area contributed by atoms with Crippen molar-refractivity contribution in [3.63, 3.8) is 0 Å². The molecule has 29 heteroatoms. The number of carboxylic acid groups (broad SMARTS) is 2. The maximum atomic E-state index is 15.4. The van der Waals surface area contributed by atoms with Crippen molar-refractivity contribution in [2.75, 3.05) is 19.4 Å². The largest absolute Gasteiger partial charge is 0.508 e. The van der Waals surface area contributed by atoms with Crippen molar-refractivity contribution in [2.24, 2.45) is 17.6 Å². The van der Waals surface area contributed by atoms with Gasteiger partial charge in [-0.15, -0.1) is 0 Å². The van der Waals surface area contributed by atoms with Crippen LogP contribution in [0.5, 0.6) is 5.75 Å². The molecule has 0 aromatic heterocycles. The molecule has 11 amide bonds. The fourth-order valence-corrected chi connectivity index (χ4v) is 11.4. The molecular formula is C66H93N11O17S. The number of benzene rings is 3. The lowest BCUT2D eigenvalue weighted by Gasteiger charge is -2.35. The molecule has 11 atom stereocenters. The number of hydrogen-bond donors (Lipinski definition) is 15. The molecular weight excluding hydrogens is 1250 g/mol. The van der Waals surface area contributed by atoms with E-state index in [0.717, 1.165) is 31.1 Å². The number of nitrogens with zero attached hydrogens (tertiary/aromatic N) is 1. The van der Waals surface area contributed by atoms with Crippen LogP contribution in [0.15, 0.2) is 84.9 Å². The maximum absolute atomic E-state index is 15.4. The predicted molar refractivity (Wildman–Crippen MR) is 351 cm³/mol. The summed E-state index contributed by atoms with van der Waals surface area (Å²) >= 11 is 4.43. The molecule has 28 nitrogen and oxygen atoms in total. The highest BCUT2D eigenvalue weighted by Crippen LogP contribution is 2.31. The number of hydrogen-bond acceptors (Lipinski definition) is 16. The second-order valence-electron chi connectivity index (χ2n) is 24.0. The molecule has 520 valence electrons. The minimum Gasteiger partial charge on any atom is -0.508 e. The molecule has 0 bridgehead atoms. The van der Waals surface area contributed by atoms with Crippen LogP contribution in [-0.2, 0) is 68.7 Å². The molecule has 1 aliphatic carbocycles. The van der Waals surface area contributed by atoms with E-state index in [1.807, 2.05) is 6.92 Å². The van der Waals surface area contributed by atoms with Crippen molar-refractivity contribution < 1.29 is 82.8 Å². The van der Waals surface area contributed by atoms with E-state index in [0.29, 0.717) is 42.4 Å². The molecule has 15 N–H and O–H groups in total. The van der Waals surface area contributed by atoms with Gasteiger partial charge in [0.2, 0.25) is 65.0 Å². The number of aromatic hydroxyl groups is 1. The van der Waals surface area contributed by atoms with Crippen molar-refractivity contribution in [3.05, 3.63) is 102 Å². The number of likely N-dealkylation sites (N-methyl/N-ethyl adjacent to an activating group) is 1. The van der Waals surface area contributed by atoms with E-state index in [-0.39, 0.29) is 43.1 Å². The Kier molecular flexibility index (Phi) is 32.6. The number of phenols is 1. The van der Waals surface area contributed by atoms with E-state index in [1.165, 1.54) is 38.2 Å². The first-order chi connectivity index (χ1) is 45.1. The Hall–Kier alpha value is -9.12. The van der Waals surface area contributed by atoms with Crippen molar-refractivity contribution in [1.82, 2.24) is 52.8 Å². The zero-order chi connectivity index (χ0) is 70.5. The topological polar surface area (TPSA) is 440 Å². The van der Waals surface area contributed by atoms with Gasteiger partial charge in [0.05, 0.1) is 13.0 Å². The van der Waals surface area contributed by atoms with Crippen molar-refractivity contribution >= 4 is 89.5 Å². The zero-order valence-electron chi connectivity index (χ0n) is 54.5. The second kappa shape index (κ2) is 39.6. The van der Waals surface area contributed by atoms with Gasteiger partial charge in [0, 0.05) is 38.5 Å². The molecule has 1 saturated carbocycles. The van der Waals surface area contributed by atoms with Crippen LogP contribution in [0, 0.1) is 11.8 Å². The number of aliphatic hydroxyl groups excluding tert-OH is 1. The third-order valence-electron chi connectivity index (χ3n) is 16.7. The summed E-state index contributed by atoms with van der Waals surface area (Å²) in [5.74, 6) is -14.8. The van der Waals surface area contributed by atoms with E-state index in [1.54, 1.807) is 74.5 Å². The first-order valence-electron chi connectivity index (χ1n) is 31.9. The van der Waals surface area contributed by atoms with E-state index in [2.05, 4.69) is 60.5 Å². The van der Waals surface area contributed by atoms with Gasteiger partial charge >= 0.3 is 11.9 Å². The number of rotatable bonds is 39. The lowest BCUT2D eigenvalue weighted by atomic mass is 9.83. The van der Waals surface area contributed by atoms with Crippen LogP contribution < -0.4 is 53.6 Å². The van der Waals surface area contributed by atoms with Crippen molar-refractivity contribution in [3.8, 4) is 5.75 Å². The maximum Gasteiger partial charge on any atom is 0.305 e. The number of carbonyl (C=O) groups excluding carboxylic acids is 11. The second-order valence-corrected chi connectivity index (χ2v) is 24.3. The summed E-state index contributed by atoms with van der Waals surface area (Å²) in [6, 6.07) is 8.15. The van der Waals surface area contributed by atoms with Crippen LogP contribution in [0.25, 0.3) is 0 Å². The third kappa shape index (κ3) is 25.3.